The van der Waals surface area contributed by atoms with Crippen LogP contribution in [0.1, 0.15) is 13.3 Å². The van der Waals surface area contributed by atoms with E-state index in [9.17, 15) is 21.6 Å². The lowest BCUT2D eigenvalue weighted by molar-refractivity contribution is -0.145. The molecule has 0 heterocycles. The van der Waals surface area contributed by atoms with Crippen molar-refractivity contribution in [1.29, 1.82) is 0 Å². The van der Waals surface area contributed by atoms with E-state index in [4.69, 9.17) is 5.14 Å². The first kappa shape index (κ1) is 14.7. The number of nitrogens with zero attached hydrogens (tertiary/aromatic N) is 1. The van der Waals surface area contributed by atoms with Crippen LogP contribution in [0.4, 0.5) is 13.2 Å². The third-order valence-corrected chi connectivity index (χ3v) is 2.61. The van der Waals surface area contributed by atoms with E-state index in [0.717, 1.165) is 4.90 Å². The van der Waals surface area contributed by atoms with Gasteiger partial charge in [0.1, 0.15) is 0 Å². The maximum Gasteiger partial charge on any atom is 0.401 e. The Morgan fingerprint density at radius 2 is 1.87 bits per heavy atom. The summed E-state index contributed by atoms with van der Waals surface area (Å²) in [5, 5.41) is 4.72. The van der Waals surface area contributed by atoms with Gasteiger partial charge in [-0.3, -0.25) is 4.90 Å². The molecule has 0 unspecified atom stereocenters. The lowest BCUT2D eigenvalue weighted by Gasteiger charge is -2.21. The van der Waals surface area contributed by atoms with E-state index in [-0.39, 0.29) is 25.3 Å². The standard InChI is InChI=1S/C7H15F3N2O2S/c1-2-12(6-7(8,9)10)4-3-5-15(11,13)14/h2-6H2,1H3,(H2,11,13,14). The van der Waals surface area contributed by atoms with Gasteiger partial charge in [-0.15, -0.1) is 0 Å². The molecule has 0 aromatic heterocycles. The van der Waals surface area contributed by atoms with Crippen LogP contribution in [0.5, 0.6) is 0 Å². The molecular weight excluding hydrogens is 233 g/mol. The maximum atomic E-state index is 12.0. The van der Waals surface area contributed by atoms with E-state index in [1.807, 2.05) is 0 Å². The van der Waals surface area contributed by atoms with E-state index in [2.05, 4.69) is 0 Å². The molecule has 0 aliphatic rings. The zero-order chi connectivity index (χ0) is 12.1. The second kappa shape index (κ2) is 5.66. The average Bonchev–Trinajstić information content (AvgIpc) is 1.97. The highest BCUT2D eigenvalue weighted by atomic mass is 32.2. The van der Waals surface area contributed by atoms with Crippen molar-refractivity contribution in [3.8, 4) is 0 Å². The lowest BCUT2D eigenvalue weighted by atomic mass is 10.4. The molecular formula is C7H15F3N2O2S. The molecule has 0 aliphatic heterocycles. The van der Waals surface area contributed by atoms with E-state index in [0.29, 0.717) is 0 Å². The molecule has 0 rings (SSSR count). The summed E-state index contributed by atoms with van der Waals surface area (Å²) in [7, 11) is -3.58. The molecule has 15 heavy (non-hydrogen) atoms. The smallest absolute Gasteiger partial charge is 0.295 e. The average molecular weight is 248 g/mol. The molecule has 0 amide bonds. The van der Waals surface area contributed by atoms with Crippen LogP contribution in [0.2, 0.25) is 0 Å². The Bertz CT molecular complexity index is 276. The van der Waals surface area contributed by atoms with Crippen molar-refractivity contribution in [1.82, 2.24) is 4.90 Å². The SMILES string of the molecule is CCN(CCCS(N)(=O)=O)CC(F)(F)F. The van der Waals surface area contributed by atoms with Crippen LogP contribution in [0.15, 0.2) is 0 Å². The normalized spacial score (nSPS) is 13.5. The molecule has 0 atom stereocenters. The van der Waals surface area contributed by atoms with Crippen molar-refractivity contribution in [3.63, 3.8) is 0 Å². The first-order chi connectivity index (χ1) is 6.64. The summed E-state index contributed by atoms with van der Waals surface area (Å²) in [4.78, 5) is 1.13. The number of hydrogen-bond donors (Lipinski definition) is 1. The highest BCUT2D eigenvalue weighted by molar-refractivity contribution is 7.89. The van der Waals surface area contributed by atoms with Gasteiger partial charge < -0.3 is 0 Å². The zero-order valence-electron chi connectivity index (χ0n) is 8.42. The predicted molar refractivity (Wildman–Crippen MR) is 50.8 cm³/mol. The van der Waals surface area contributed by atoms with Gasteiger partial charge in [-0.2, -0.15) is 13.2 Å². The zero-order valence-corrected chi connectivity index (χ0v) is 9.24. The van der Waals surface area contributed by atoms with E-state index in [1.54, 1.807) is 6.92 Å². The van der Waals surface area contributed by atoms with Crippen molar-refractivity contribution < 1.29 is 21.6 Å². The number of sulfonamides is 1. The summed E-state index contributed by atoms with van der Waals surface area (Å²) in [5.74, 6) is -0.290. The molecule has 0 aromatic rings. The van der Waals surface area contributed by atoms with Crippen molar-refractivity contribution in [2.24, 2.45) is 5.14 Å². The minimum absolute atomic E-state index is 0.0758. The number of halogens is 3. The predicted octanol–water partition coefficient (Wildman–Crippen LogP) is 0.549. The largest absolute Gasteiger partial charge is 0.401 e. The molecule has 0 bridgehead atoms. The topological polar surface area (TPSA) is 63.4 Å². The number of nitrogens with two attached hydrogens (primary N) is 1. The Hall–Kier alpha value is -0.340. The van der Waals surface area contributed by atoms with Gasteiger partial charge in [0.05, 0.1) is 12.3 Å². The molecule has 8 heteroatoms. The fourth-order valence-electron chi connectivity index (χ4n) is 1.09. The second-order valence-corrected chi connectivity index (χ2v) is 4.94. The fourth-order valence-corrected chi connectivity index (χ4v) is 1.62. The first-order valence-electron chi connectivity index (χ1n) is 4.43. The van der Waals surface area contributed by atoms with Crippen molar-refractivity contribution in [2.45, 2.75) is 19.5 Å². The fraction of sp³-hybridized carbons (Fsp3) is 1.00. The Morgan fingerprint density at radius 3 is 2.20 bits per heavy atom. The van der Waals surface area contributed by atoms with Crippen LogP contribution in [0, 0.1) is 0 Å². The van der Waals surface area contributed by atoms with Crippen LogP contribution in [0.25, 0.3) is 0 Å². The Kier molecular flexibility index (Phi) is 5.54. The van der Waals surface area contributed by atoms with Gasteiger partial charge in [0.2, 0.25) is 10.0 Å². The van der Waals surface area contributed by atoms with Gasteiger partial charge in [0, 0.05) is 0 Å². The molecule has 0 aromatic carbocycles. The van der Waals surface area contributed by atoms with E-state index in [1.165, 1.54) is 0 Å². The molecule has 0 radical (unpaired) electrons. The highest BCUT2D eigenvalue weighted by Gasteiger charge is 2.29. The van der Waals surface area contributed by atoms with Gasteiger partial charge in [0.15, 0.2) is 0 Å². The molecule has 0 aliphatic carbocycles. The van der Waals surface area contributed by atoms with Gasteiger partial charge in [-0.1, -0.05) is 6.92 Å². The molecule has 0 saturated heterocycles. The van der Waals surface area contributed by atoms with Crippen molar-refractivity contribution in [2.75, 3.05) is 25.4 Å². The van der Waals surface area contributed by atoms with Crippen molar-refractivity contribution >= 4 is 10.0 Å². The number of hydrogen-bond acceptors (Lipinski definition) is 3. The molecule has 92 valence electrons. The molecule has 0 spiro atoms. The number of alkyl halides is 3. The maximum absolute atomic E-state index is 12.0. The molecule has 4 nitrogen and oxygen atoms in total. The minimum Gasteiger partial charge on any atom is -0.295 e. The Balaban J connectivity index is 3.92. The summed E-state index contributed by atoms with van der Waals surface area (Å²) < 4.78 is 57.0. The van der Waals surface area contributed by atoms with Crippen LogP contribution >= 0.6 is 0 Å². The summed E-state index contributed by atoms with van der Waals surface area (Å²) in [6.45, 7) is 0.868. The van der Waals surface area contributed by atoms with Gasteiger partial charge in [-0.25, -0.2) is 13.6 Å². The van der Waals surface area contributed by atoms with E-state index < -0.39 is 22.7 Å². The summed E-state index contributed by atoms with van der Waals surface area (Å²) in [5.41, 5.74) is 0. The minimum atomic E-state index is -4.25. The van der Waals surface area contributed by atoms with Crippen LogP contribution in [-0.2, 0) is 10.0 Å². The summed E-state index contributed by atoms with van der Waals surface area (Å²) in [6, 6.07) is 0. The van der Waals surface area contributed by atoms with Gasteiger partial charge >= 0.3 is 6.18 Å². The van der Waals surface area contributed by atoms with Crippen molar-refractivity contribution in [3.05, 3.63) is 0 Å². The van der Waals surface area contributed by atoms with Gasteiger partial charge in [0.25, 0.3) is 0 Å². The Labute approximate surface area is 87.3 Å². The van der Waals surface area contributed by atoms with Gasteiger partial charge in [-0.05, 0) is 19.5 Å². The van der Waals surface area contributed by atoms with Crippen LogP contribution < -0.4 is 5.14 Å². The molecule has 0 saturated carbocycles. The highest BCUT2D eigenvalue weighted by Crippen LogP contribution is 2.16. The number of rotatable bonds is 6. The Morgan fingerprint density at radius 1 is 1.33 bits per heavy atom. The second-order valence-electron chi connectivity index (χ2n) is 3.20. The summed E-state index contributed by atoms with van der Waals surface area (Å²) >= 11 is 0. The lowest BCUT2D eigenvalue weighted by Crippen LogP contribution is -2.35. The summed E-state index contributed by atoms with van der Waals surface area (Å²) in [6.07, 6.45) is -4.14. The van der Waals surface area contributed by atoms with Crippen LogP contribution in [0.3, 0.4) is 0 Å². The van der Waals surface area contributed by atoms with Crippen LogP contribution in [-0.4, -0.2) is 44.9 Å². The quantitative estimate of drug-likeness (QED) is 0.746. The third-order valence-electron chi connectivity index (χ3n) is 1.75. The molecule has 0 fully saturated rings. The van der Waals surface area contributed by atoms with E-state index >= 15 is 0 Å². The monoisotopic (exact) mass is 248 g/mol. The number of primary sulfonamides is 1. The third kappa shape index (κ3) is 9.95. The molecule has 2 N–H and O–H groups in total. The first-order valence-corrected chi connectivity index (χ1v) is 6.15.